The van der Waals surface area contributed by atoms with E-state index in [0.29, 0.717) is 0 Å². The van der Waals surface area contributed by atoms with Crippen LogP contribution in [0.25, 0.3) is 0 Å². The molecule has 1 aromatic carbocycles. The zero-order valence-electron chi connectivity index (χ0n) is 9.07. The molecular weight excluding hydrogens is 264 g/mol. The van der Waals surface area contributed by atoms with E-state index < -0.39 is 0 Å². The molecule has 0 aliphatic heterocycles. The minimum Gasteiger partial charge on any atom is -0.379 e. The van der Waals surface area contributed by atoms with E-state index in [4.69, 9.17) is 0 Å². The van der Waals surface area contributed by atoms with E-state index in [0.717, 1.165) is 22.4 Å². The van der Waals surface area contributed by atoms with Crippen LogP contribution in [0.5, 0.6) is 0 Å². The van der Waals surface area contributed by atoms with Crippen LogP contribution in [0.4, 0.5) is 5.69 Å². The third kappa shape index (κ3) is 2.83. The second kappa shape index (κ2) is 5.12. The minimum atomic E-state index is 0.810. The molecule has 0 amide bonds. The summed E-state index contributed by atoms with van der Waals surface area (Å²) in [6.07, 6.45) is 1.85. The molecule has 1 aromatic heterocycles. The van der Waals surface area contributed by atoms with Crippen molar-refractivity contribution >= 4 is 21.6 Å². The van der Waals surface area contributed by atoms with Crippen LogP contribution in [-0.4, -0.2) is 4.98 Å². The van der Waals surface area contributed by atoms with Crippen LogP contribution in [0.1, 0.15) is 11.1 Å². The molecule has 2 rings (SSSR count). The summed E-state index contributed by atoms with van der Waals surface area (Å²) >= 11 is 3.43. The van der Waals surface area contributed by atoms with Crippen LogP contribution in [0.15, 0.2) is 47.2 Å². The number of hydrogen-bond acceptors (Lipinski definition) is 2. The molecule has 0 unspecified atom stereocenters. The van der Waals surface area contributed by atoms with Gasteiger partial charge in [-0.25, -0.2) is 4.98 Å². The maximum atomic E-state index is 4.25. The molecule has 0 radical (unpaired) electrons. The van der Waals surface area contributed by atoms with Crippen molar-refractivity contribution in [1.29, 1.82) is 0 Å². The Morgan fingerprint density at radius 1 is 1.25 bits per heavy atom. The summed E-state index contributed by atoms with van der Waals surface area (Å²) in [6, 6.07) is 12.4. The lowest BCUT2D eigenvalue weighted by molar-refractivity contribution is 1.12. The quantitative estimate of drug-likeness (QED) is 0.864. The topological polar surface area (TPSA) is 24.9 Å². The lowest BCUT2D eigenvalue weighted by Crippen LogP contribution is -2.00. The Bertz CT molecular complexity index is 469. The highest BCUT2D eigenvalue weighted by atomic mass is 79.9. The lowest BCUT2D eigenvalue weighted by atomic mass is 10.2. The molecule has 0 atom stereocenters. The molecule has 3 heteroatoms. The van der Waals surface area contributed by atoms with Crippen LogP contribution in [0.2, 0.25) is 0 Å². The number of pyridine rings is 1. The molecule has 2 aromatic rings. The Morgan fingerprint density at radius 3 is 2.75 bits per heavy atom. The van der Waals surface area contributed by atoms with E-state index in [9.17, 15) is 0 Å². The number of benzene rings is 1. The van der Waals surface area contributed by atoms with Crippen LogP contribution < -0.4 is 5.32 Å². The van der Waals surface area contributed by atoms with E-state index in [2.05, 4.69) is 44.4 Å². The Hall–Kier alpha value is -1.35. The zero-order chi connectivity index (χ0) is 11.4. The zero-order valence-corrected chi connectivity index (χ0v) is 10.7. The average Bonchev–Trinajstić information content (AvgIpc) is 2.32. The molecule has 1 N–H and O–H groups in total. The molecule has 0 bridgehead atoms. The number of nitrogens with one attached hydrogen (secondary N) is 1. The van der Waals surface area contributed by atoms with E-state index in [1.165, 1.54) is 5.56 Å². The molecule has 0 spiro atoms. The van der Waals surface area contributed by atoms with Crippen molar-refractivity contribution in [3.63, 3.8) is 0 Å². The van der Waals surface area contributed by atoms with Crippen molar-refractivity contribution in [1.82, 2.24) is 4.98 Å². The van der Waals surface area contributed by atoms with Gasteiger partial charge in [-0.15, -0.1) is 0 Å². The van der Waals surface area contributed by atoms with Gasteiger partial charge in [0, 0.05) is 12.7 Å². The molecule has 0 saturated heterocycles. The van der Waals surface area contributed by atoms with Crippen molar-refractivity contribution < 1.29 is 0 Å². The number of aryl methyl sites for hydroxylation is 1. The molecule has 16 heavy (non-hydrogen) atoms. The van der Waals surface area contributed by atoms with Gasteiger partial charge in [0.15, 0.2) is 0 Å². The van der Waals surface area contributed by atoms with Crippen LogP contribution in [-0.2, 0) is 6.54 Å². The Balaban J connectivity index is 2.08. The monoisotopic (exact) mass is 276 g/mol. The normalized spacial score (nSPS) is 10.1. The average molecular weight is 277 g/mol. The van der Waals surface area contributed by atoms with Gasteiger partial charge in [-0.2, -0.15) is 0 Å². The fraction of sp³-hybridized carbons (Fsp3) is 0.154. The van der Waals surface area contributed by atoms with Crippen molar-refractivity contribution in [3.8, 4) is 0 Å². The van der Waals surface area contributed by atoms with Crippen molar-refractivity contribution in [2.75, 3.05) is 5.32 Å². The standard InChI is InChI=1S/C13H13BrN2/c1-10-7-12(13(14)16-8-10)15-9-11-5-3-2-4-6-11/h2-8,15H,9H2,1H3. The molecule has 0 saturated carbocycles. The molecule has 2 nitrogen and oxygen atoms in total. The lowest BCUT2D eigenvalue weighted by Gasteiger charge is -2.08. The predicted octanol–water partition coefficient (Wildman–Crippen LogP) is 3.76. The van der Waals surface area contributed by atoms with Gasteiger partial charge >= 0.3 is 0 Å². The van der Waals surface area contributed by atoms with E-state index in [1.807, 2.05) is 31.3 Å². The molecule has 0 aliphatic rings. The minimum absolute atomic E-state index is 0.810. The van der Waals surface area contributed by atoms with Crippen LogP contribution in [0.3, 0.4) is 0 Å². The fourth-order valence-electron chi connectivity index (χ4n) is 1.47. The highest BCUT2D eigenvalue weighted by Crippen LogP contribution is 2.20. The maximum absolute atomic E-state index is 4.25. The summed E-state index contributed by atoms with van der Waals surface area (Å²) in [5.74, 6) is 0. The first kappa shape index (κ1) is 11.1. The van der Waals surface area contributed by atoms with Gasteiger partial charge in [-0.1, -0.05) is 30.3 Å². The van der Waals surface area contributed by atoms with E-state index in [-0.39, 0.29) is 0 Å². The smallest absolute Gasteiger partial charge is 0.129 e. The second-order valence-corrected chi connectivity index (χ2v) is 4.44. The first-order chi connectivity index (χ1) is 7.75. The number of halogens is 1. The number of aromatic nitrogens is 1. The fourth-order valence-corrected chi connectivity index (χ4v) is 1.83. The van der Waals surface area contributed by atoms with Gasteiger partial charge < -0.3 is 5.32 Å². The van der Waals surface area contributed by atoms with Gasteiger partial charge in [0.2, 0.25) is 0 Å². The SMILES string of the molecule is Cc1cnc(Br)c(NCc2ccccc2)c1. The van der Waals surface area contributed by atoms with Crippen LogP contribution in [0, 0.1) is 6.92 Å². The van der Waals surface area contributed by atoms with Gasteiger partial charge in [-0.3, -0.25) is 0 Å². The summed E-state index contributed by atoms with van der Waals surface area (Å²) in [5, 5.41) is 3.36. The van der Waals surface area contributed by atoms with Crippen molar-refractivity contribution in [3.05, 3.63) is 58.3 Å². The van der Waals surface area contributed by atoms with Crippen molar-refractivity contribution in [2.45, 2.75) is 13.5 Å². The Morgan fingerprint density at radius 2 is 2.00 bits per heavy atom. The largest absolute Gasteiger partial charge is 0.379 e. The third-order valence-corrected chi connectivity index (χ3v) is 2.93. The molecule has 82 valence electrons. The molecule has 1 heterocycles. The van der Waals surface area contributed by atoms with E-state index >= 15 is 0 Å². The Labute approximate surface area is 104 Å². The van der Waals surface area contributed by atoms with Gasteiger partial charge in [0.05, 0.1) is 5.69 Å². The van der Waals surface area contributed by atoms with E-state index in [1.54, 1.807) is 0 Å². The molecule has 0 fully saturated rings. The highest BCUT2D eigenvalue weighted by molar-refractivity contribution is 9.10. The number of anilines is 1. The first-order valence-corrected chi connectivity index (χ1v) is 5.95. The van der Waals surface area contributed by atoms with Crippen LogP contribution >= 0.6 is 15.9 Å². The van der Waals surface area contributed by atoms with Gasteiger partial charge in [0.25, 0.3) is 0 Å². The third-order valence-electron chi connectivity index (χ3n) is 2.30. The first-order valence-electron chi connectivity index (χ1n) is 5.15. The van der Waals surface area contributed by atoms with Crippen molar-refractivity contribution in [2.24, 2.45) is 0 Å². The predicted molar refractivity (Wildman–Crippen MR) is 70.4 cm³/mol. The molecule has 0 aliphatic carbocycles. The Kier molecular flexibility index (Phi) is 3.57. The summed E-state index contributed by atoms with van der Waals surface area (Å²) in [5.41, 5.74) is 3.44. The second-order valence-electron chi connectivity index (χ2n) is 3.69. The summed E-state index contributed by atoms with van der Waals surface area (Å²) in [4.78, 5) is 4.25. The number of nitrogens with zero attached hydrogens (tertiary/aromatic N) is 1. The summed E-state index contributed by atoms with van der Waals surface area (Å²) in [7, 11) is 0. The van der Waals surface area contributed by atoms with Gasteiger partial charge in [0.1, 0.15) is 4.60 Å². The van der Waals surface area contributed by atoms with Gasteiger partial charge in [-0.05, 0) is 40.0 Å². The number of rotatable bonds is 3. The maximum Gasteiger partial charge on any atom is 0.129 e. The number of hydrogen-bond donors (Lipinski definition) is 1. The summed E-state index contributed by atoms with van der Waals surface area (Å²) < 4.78 is 0.856. The summed E-state index contributed by atoms with van der Waals surface area (Å²) in [6.45, 7) is 2.84. The molecular formula is C13H13BrN2. The highest BCUT2D eigenvalue weighted by Gasteiger charge is 2.00.